The van der Waals surface area contributed by atoms with Gasteiger partial charge in [-0.1, -0.05) is 23.7 Å². The van der Waals surface area contributed by atoms with Crippen LogP contribution in [0.2, 0.25) is 5.02 Å². The Bertz CT molecular complexity index is 727. The maximum Gasteiger partial charge on any atom is 0.254 e. The van der Waals surface area contributed by atoms with Crippen LogP contribution >= 0.6 is 11.6 Å². The average molecular weight is 333 g/mol. The second kappa shape index (κ2) is 6.59. The lowest BCUT2D eigenvalue weighted by atomic mass is 10.1. The van der Waals surface area contributed by atoms with Crippen LogP contribution in [0.5, 0.6) is 0 Å². The highest BCUT2D eigenvalue weighted by Crippen LogP contribution is 2.21. The lowest BCUT2D eigenvalue weighted by Gasteiger charge is -2.36. The number of anilines is 1. The minimum Gasteiger partial charge on any atom is -0.368 e. The first-order valence-corrected chi connectivity index (χ1v) is 7.98. The molecule has 1 amide bonds. The Morgan fingerprint density at radius 1 is 1.09 bits per heavy atom. The molecule has 0 aromatic heterocycles. The van der Waals surface area contributed by atoms with E-state index in [1.165, 1.54) is 6.07 Å². The summed E-state index contributed by atoms with van der Waals surface area (Å²) in [7, 11) is 0. The van der Waals surface area contributed by atoms with Crippen molar-refractivity contribution in [2.75, 3.05) is 31.1 Å². The van der Waals surface area contributed by atoms with Crippen LogP contribution in [0.25, 0.3) is 0 Å². The molecule has 1 heterocycles. The van der Waals surface area contributed by atoms with E-state index in [1.54, 1.807) is 24.0 Å². The quantitative estimate of drug-likeness (QED) is 0.836. The van der Waals surface area contributed by atoms with E-state index < -0.39 is 0 Å². The topological polar surface area (TPSA) is 23.6 Å². The van der Waals surface area contributed by atoms with Gasteiger partial charge in [0.2, 0.25) is 0 Å². The van der Waals surface area contributed by atoms with Crippen molar-refractivity contribution in [1.29, 1.82) is 0 Å². The summed E-state index contributed by atoms with van der Waals surface area (Å²) in [5.41, 5.74) is 2.02. The molecule has 0 spiro atoms. The fraction of sp³-hybridized carbons (Fsp3) is 0.278. The van der Waals surface area contributed by atoms with Gasteiger partial charge >= 0.3 is 0 Å². The fourth-order valence-corrected chi connectivity index (χ4v) is 2.93. The Balaban J connectivity index is 1.66. The van der Waals surface area contributed by atoms with Crippen LogP contribution in [-0.4, -0.2) is 37.0 Å². The van der Waals surface area contributed by atoms with Crippen LogP contribution in [0.3, 0.4) is 0 Å². The van der Waals surface area contributed by atoms with E-state index in [-0.39, 0.29) is 11.7 Å². The van der Waals surface area contributed by atoms with E-state index in [0.29, 0.717) is 29.2 Å². The van der Waals surface area contributed by atoms with Crippen LogP contribution in [0, 0.1) is 12.7 Å². The Kier molecular flexibility index (Phi) is 4.53. The molecule has 0 radical (unpaired) electrons. The molecule has 2 aromatic carbocycles. The number of halogens is 2. The van der Waals surface area contributed by atoms with Gasteiger partial charge in [-0.05, 0) is 42.8 Å². The Morgan fingerprint density at radius 2 is 1.83 bits per heavy atom. The third-order valence-electron chi connectivity index (χ3n) is 4.16. The summed E-state index contributed by atoms with van der Waals surface area (Å²) < 4.78 is 13.6. The van der Waals surface area contributed by atoms with E-state index in [4.69, 9.17) is 11.6 Å². The molecule has 3 nitrogen and oxygen atoms in total. The zero-order chi connectivity index (χ0) is 16.4. The summed E-state index contributed by atoms with van der Waals surface area (Å²) in [5.74, 6) is -0.456. The maximum atomic E-state index is 13.6. The highest BCUT2D eigenvalue weighted by atomic mass is 35.5. The van der Waals surface area contributed by atoms with Gasteiger partial charge < -0.3 is 9.80 Å². The highest BCUT2D eigenvalue weighted by molar-refractivity contribution is 6.30. The van der Waals surface area contributed by atoms with Gasteiger partial charge in [-0.15, -0.1) is 0 Å². The molecule has 1 aliphatic rings. The fourth-order valence-electron chi connectivity index (χ4n) is 2.75. The SMILES string of the molecule is Cc1ccc(C(=O)N2CCN(c3cccc(Cl)c3)CC2)cc1F. The van der Waals surface area contributed by atoms with Crippen molar-refractivity contribution >= 4 is 23.2 Å². The number of carbonyl (C=O) groups excluding carboxylic acids is 1. The van der Waals surface area contributed by atoms with Gasteiger partial charge in [-0.3, -0.25) is 4.79 Å². The largest absolute Gasteiger partial charge is 0.368 e. The molecule has 0 aliphatic carbocycles. The van der Waals surface area contributed by atoms with Crippen LogP contribution in [-0.2, 0) is 0 Å². The van der Waals surface area contributed by atoms with Gasteiger partial charge in [0.25, 0.3) is 5.91 Å². The van der Waals surface area contributed by atoms with Gasteiger partial charge in [-0.25, -0.2) is 4.39 Å². The molecule has 1 saturated heterocycles. The Labute approximate surface area is 140 Å². The van der Waals surface area contributed by atoms with Crippen molar-refractivity contribution in [3.63, 3.8) is 0 Å². The van der Waals surface area contributed by atoms with E-state index in [1.807, 2.05) is 24.3 Å². The van der Waals surface area contributed by atoms with E-state index in [0.717, 1.165) is 18.8 Å². The summed E-state index contributed by atoms with van der Waals surface area (Å²) in [6.45, 7) is 4.38. The molecule has 2 aromatic rings. The number of hydrogen-bond donors (Lipinski definition) is 0. The van der Waals surface area contributed by atoms with Crippen molar-refractivity contribution in [1.82, 2.24) is 4.90 Å². The van der Waals surface area contributed by atoms with Gasteiger partial charge in [0.1, 0.15) is 5.82 Å². The Hall–Kier alpha value is -2.07. The number of rotatable bonds is 2. The molecule has 120 valence electrons. The standard InChI is InChI=1S/C18H18ClFN2O/c1-13-5-6-14(11-17(13)20)18(23)22-9-7-21(8-10-22)16-4-2-3-15(19)12-16/h2-6,11-12H,7-10H2,1H3. The smallest absolute Gasteiger partial charge is 0.254 e. The molecule has 0 bridgehead atoms. The first kappa shape index (κ1) is 15.8. The normalized spacial score (nSPS) is 14.9. The molecule has 1 fully saturated rings. The van der Waals surface area contributed by atoms with Crippen LogP contribution in [0.15, 0.2) is 42.5 Å². The number of nitrogens with zero attached hydrogens (tertiary/aromatic N) is 2. The zero-order valence-corrected chi connectivity index (χ0v) is 13.7. The second-order valence-electron chi connectivity index (χ2n) is 5.72. The Morgan fingerprint density at radius 3 is 2.48 bits per heavy atom. The van der Waals surface area contributed by atoms with Crippen LogP contribution in [0.1, 0.15) is 15.9 Å². The van der Waals surface area contributed by atoms with E-state index in [9.17, 15) is 9.18 Å². The number of hydrogen-bond acceptors (Lipinski definition) is 2. The van der Waals surface area contributed by atoms with Crippen molar-refractivity contribution < 1.29 is 9.18 Å². The molecule has 0 N–H and O–H groups in total. The first-order valence-electron chi connectivity index (χ1n) is 7.60. The van der Waals surface area contributed by atoms with Crippen LogP contribution in [0.4, 0.5) is 10.1 Å². The minimum absolute atomic E-state index is 0.116. The summed E-state index contributed by atoms with van der Waals surface area (Å²) in [4.78, 5) is 16.4. The number of carbonyl (C=O) groups is 1. The maximum absolute atomic E-state index is 13.6. The van der Waals surface area contributed by atoms with Crippen molar-refractivity contribution in [2.45, 2.75) is 6.92 Å². The first-order chi connectivity index (χ1) is 11.0. The van der Waals surface area contributed by atoms with Gasteiger partial charge in [0, 0.05) is 42.5 Å². The number of benzene rings is 2. The summed E-state index contributed by atoms with van der Waals surface area (Å²) in [6.07, 6.45) is 0. The lowest BCUT2D eigenvalue weighted by Crippen LogP contribution is -2.48. The van der Waals surface area contributed by atoms with Crippen LogP contribution < -0.4 is 4.90 Å². The number of aryl methyl sites for hydroxylation is 1. The van der Waals surface area contributed by atoms with Gasteiger partial charge in [0.05, 0.1) is 0 Å². The van der Waals surface area contributed by atoms with Crippen molar-refractivity contribution in [3.8, 4) is 0 Å². The van der Waals surface area contributed by atoms with E-state index >= 15 is 0 Å². The molecule has 0 unspecified atom stereocenters. The molecular weight excluding hydrogens is 315 g/mol. The lowest BCUT2D eigenvalue weighted by molar-refractivity contribution is 0.0746. The molecule has 23 heavy (non-hydrogen) atoms. The molecule has 5 heteroatoms. The monoisotopic (exact) mass is 332 g/mol. The average Bonchev–Trinajstić information content (AvgIpc) is 2.57. The minimum atomic E-state index is -0.339. The molecule has 0 atom stereocenters. The molecule has 0 saturated carbocycles. The van der Waals surface area contributed by atoms with Crippen molar-refractivity contribution in [2.24, 2.45) is 0 Å². The second-order valence-corrected chi connectivity index (χ2v) is 6.16. The third-order valence-corrected chi connectivity index (χ3v) is 4.39. The third kappa shape index (κ3) is 3.48. The summed E-state index contributed by atoms with van der Waals surface area (Å²) in [5, 5.41) is 0.705. The summed E-state index contributed by atoms with van der Waals surface area (Å²) in [6, 6.07) is 12.4. The van der Waals surface area contributed by atoms with Gasteiger partial charge in [-0.2, -0.15) is 0 Å². The van der Waals surface area contributed by atoms with Crippen molar-refractivity contribution in [3.05, 3.63) is 64.4 Å². The molecular formula is C18H18ClFN2O. The summed E-state index contributed by atoms with van der Waals surface area (Å²) >= 11 is 6.02. The van der Waals surface area contributed by atoms with Gasteiger partial charge in [0.15, 0.2) is 0 Å². The molecule has 1 aliphatic heterocycles. The molecule has 3 rings (SSSR count). The van der Waals surface area contributed by atoms with E-state index in [2.05, 4.69) is 4.90 Å². The highest BCUT2D eigenvalue weighted by Gasteiger charge is 2.22. The predicted octanol–water partition coefficient (Wildman–Crippen LogP) is 3.75. The number of piperazine rings is 1. The number of amides is 1. The zero-order valence-electron chi connectivity index (χ0n) is 12.9. The predicted molar refractivity (Wildman–Crippen MR) is 90.7 cm³/mol.